The Hall–Kier alpha value is -1.01. The van der Waals surface area contributed by atoms with Crippen LogP contribution < -0.4 is 0 Å². The van der Waals surface area contributed by atoms with Gasteiger partial charge in [0.1, 0.15) is 0 Å². The van der Waals surface area contributed by atoms with Gasteiger partial charge in [-0.3, -0.25) is 9.59 Å². The predicted molar refractivity (Wildman–Crippen MR) is 105 cm³/mol. The summed E-state index contributed by atoms with van der Waals surface area (Å²) in [5.74, 6) is 2.69. The number of rotatable bonds is 7. The number of piperidine rings is 2. The molecule has 138 valence electrons. The Kier molecular flexibility index (Phi) is 6.82. The van der Waals surface area contributed by atoms with Crippen LogP contribution in [0.5, 0.6) is 0 Å². The number of hydrogen-bond acceptors (Lipinski definition) is 4. The molecule has 3 rings (SSSR count). The number of carbonyl (C=O) groups is 2. The standard InChI is InChI=1S/C19H28N2O2S2/c1-2-11-24-14-19(23)20-9-8-17-15(13-20)5-6-18(22)21(17)10-7-16-4-3-12-25-16/h3-4,12,15,17H,2,5-11,13-14H2,1H3/t15-,17+/m0/s1. The Morgan fingerprint density at radius 2 is 2.28 bits per heavy atom. The number of thiophene rings is 1. The Bertz CT molecular complexity index is 576. The smallest absolute Gasteiger partial charge is 0.232 e. The maximum atomic E-state index is 12.4. The first kappa shape index (κ1) is 18.8. The van der Waals surface area contributed by atoms with Gasteiger partial charge < -0.3 is 9.80 Å². The molecule has 25 heavy (non-hydrogen) atoms. The minimum atomic E-state index is 0.277. The molecule has 2 aliphatic heterocycles. The number of carbonyl (C=O) groups excluding carboxylic acids is 2. The van der Waals surface area contributed by atoms with E-state index < -0.39 is 0 Å². The Morgan fingerprint density at radius 1 is 1.40 bits per heavy atom. The summed E-state index contributed by atoms with van der Waals surface area (Å²) in [7, 11) is 0. The Labute approximate surface area is 159 Å². The van der Waals surface area contributed by atoms with Gasteiger partial charge in [0.2, 0.25) is 11.8 Å². The van der Waals surface area contributed by atoms with Crippen LogP contribution in [0.4, 0.5) is 0 Å². The van der Waals surface area contributed by atoms with Crippen LogP contribution in [0.3, 0.4) is 0 Å². The normalized spacial score (nSPS) is 23.6. The molecule has 6 heteroatoms. The van der Waals surface area contributed by atoms with E-state index in [0.717, 1.165) is 51.1 Å². The van der Waals surface area contributed by atoms with Crippen LogP contribution >= 0.6 is 23.1 Å². The zero-order valence-corrected chi connectivity index (χ0v) is 16.6. The molecule has 0 aliphatic carbocycles. The fourth-order valence-corrected chi connectivity index (χ4v) is 5.44. The van der Waals surface area contributed by atoms with Crippen molar-refractivity contribution in [1.29, 1.82) is 0 Å². The number of amides is 2. The van der Waals surface area contributed by atoms with Crippen molar-refractivity contribution in [2.75, 3.05) is 31.1 Å². The predicted octanol–water partition coefficient (Wildman–Crippen LogP) is 3.27. The van der Waals surface area contributed by atoms with Gasteiger partial charge in [0, 0.05) is 37.0 Å². The van der Waals surface area contributed by atoms with E-state index in [2.05, 4.69) is 29.3 Å². The van der Waals surface area contributed by atoms with Crippen LogP contribution in [-0.2, 0) is 16.0 Å². The average Bonchev–Trinajstić information content (AvgIpc) is 3.14. The van der Waals surface area contributed by atoms with Gasteiger partial charge in [-0.25, -0.2) is 0 Å². The van der Waals surface area contributed by atoms with Crippen molar-refractivity contribution in [3.63, 3.8) is 0 Å². The van der Waals surface area contributed by atoms with Crippen LogP contribution in [-0.4, -0.2) is 58.8 Å². The van der Waals surface area contributed by atoms with Crippen molar-refractivity contribution < 1.29 is 9.59 Å². The van der Waals surface area contributed by atoms with Crippen LogP contribution in [0.25, 0.3) is 0 Å². The SMILES string of the molecule is CCCSCC(=O)N1CC[C@@H]2[C@@H](CCC(=O)N2CCc2cccs2)C1. The summed E-state index contributed by atoms with van der Waals surface area (Å²) in [5, 5.41) is 2.09. The third kappa shape index (κ3) is 4.79. The van der Waals surface area contributed by atoms with E-state index >= 15 is 0 Å². The van der Waals surface area contributed by atoms with Crippen molar-refractivity contribution in [1.82, 2.24) is 9.80 Å². The molecule has 0 bridgehead atoms. The van der Waals surface area contributed by atoms with E-state index in [1.807, 2.05) is 4.90 Å². The lowest BCUT2D eigenvalue weighted by Crippen LogP contribution is -2.57. The number of fused-ring (bicyclic) bond motifs is 1. The summed E-state index contributed by atoms with van der Waals surface area (Å²) in [5.41, 5.74) is 0. The van der Waals surface area contributed by atoms with E-state index in [1.165, 1.54) is 4.88 Å². The van der Waals surface area contributed by atoms with Crippen molar-refractivity contribution in [2.45, 2.75) is 45.1 Å². The molecule has 0 spiro atoms. The van der Waals surface area contributed by atoms with E-state index in [-0.39, 0.29) is 5.91 Å². The molecular weight excluding hydrogens is 352 g/mol. The topological polar surface area (TPSA) is 40.6 Å². The van der Waals surface area contributed by atoms with E-state index in [1.54, 1.807) is 23.1 Å². The number of hydrogen-bond donors (Lipinski definition) is 0. The summed E-state index contributed by atoms with van der Waals surface area (Å²) < 4.78 is 0. The summed E-state index contributed by atoms with van der Waals surface area (Å²) in [4.78, 5) is 30.3. The second-order valence-corrected chi connectivity index (χ2v) is 9.10. The zero-order valence-electron chi connectivity index (χ0n) is 15.0. The maximum Gasteiger partial charge on any atom is 0.232 e. The molecule has 2 amide bonds. The third-order valence-electron chi connectivity index (χ3n) is 5.25. The van der Waals surface area contributed by atoms with Gasteiger partial charge in [0.25, 0.3) is 0 Å². The molecule has 0 aromatic carbocycles. The van der Waals surface area contributed by atoms with Gasteiger partial charge >= 0.3 is 0 Å². The molecule has 2 saturated heterocycles. The van der Waals surface area contributed by atoms with Gasteiger partial charge in [0.05, 0.1) is 5.75 Å². The van der Waals surface area contributed by atoms with Gasteiger partial charge in [0.15, 0.2) is 0 Å². The maximum absolute atomic E-state index is 12.4. The van der Waals surface area contributed by atoms with Gasteiger partial charge in [-0.15, -0.1) is 11.3 Å². The van der Waals surface area contributed by atoms with Crippen LogP contribution in [0, 0.1) is 5.92 Å². The molecular formula is C19H28N2O2S2. The van der Waals surface area contributed by atoms with E-state index in [9.17, 15) is 9.59 Å². The molecule has 0 saturated carbocycles. The minimum absolute atomic E-state index is 0.277. The summed E-state index contributed by atoms with van der Waals surface area (Å²) in [6.07, 6.45) is 4.57. The molecule has 2 atom stereocenters. The molecule has 2 fully saturated rings. The fourth-order valence-electron chi connectivity index (χ4n) is 3.95. The van der Waals surface area contributed by atoms with Crippen LogP contribution in [0.15, 0.2) is 17.5 Å². The fraction of sp³-hybridized carbons (Fsp3) is 0.684. The first-order valence-corrected chi connectivity index (χ1v) is 11.4. The van der Waals surface area contributed by atoms with E-state index in [0.29, 0.717) is 30.0 Å². The summed E-state index contributed by atoms with van der Waals surface area (Å²) >= 11 is 3.50. The zero-order chi connectivity index (χ0) is 17.6. The monoisotopic (exact) mass is 380 g/mol. The van der Waals surface area contributed by atoms with Crippen LogP contribution in [0.1, 0.15) is 37.5 Å². The highest BCUT2D eigenvalue weighted by Crippen LogP contribution is 2.32. The molecule has 4 nitrogen and oxygen atoms in total. The molecule has 2 aliphatic rings. The second-order valence-electron chi connectivity index (χ2n) is 6.96. The lowest BCUT2D eigenvalue weighted by Gasteiger charge is -2.47. The largest absolute Gasteiger partial charge is 0.342 e. The highest BCUT2D eigenvalue weighted by atomic mass is 32.2. The molecule has 1 aromatic heterocycles. The lowest BCUT2D eigenvalue weighted by atomic mass is 9.83. The van der Waals surface area contributed by atoms with Gasteiger partial charge in [-0.2, -0.15) is 11.8 Å². The van der Waals surface area contributed by atoms with Gasteiger partial charge in [-0.1, -0.05) is 13.0 Å². The Morgan fingerprint density at radius 3 is 3.04 bits per heavy atom. The van der Waals surface area contributed by atoms with Crippen molar-refractivity contribution >= 4 is 34.9 Å². The molecule has 0 radical (unpaired) electrons. The molecule has 3 heterocycles. The van der Waals surface area contributed by atoms with E-state index in [4.69, 9.17) is 0 Å². The quantitative estimate of drug-likeness (QED) is 0.682. The number of nitrogens with zero attached hydrogens (tertiary/aromatic N) is 2. The molecule has 1 aromatic rings. The summed E-state index contributed by atoms with van der Waals surface area (Å²) in [6.45, 7) is 4.60. The highest BCUT2D eigenvalue weighted by molar-refractivity contribution is 7.99. The lowest BCUT2D eigenvalue weighted by molar-refractivity contribution is -0.143. The average molecular weight is 381 g/mol. The molecule has 0 unspecified atom stereocenters. The summed E-state index contributed by atoms with van der Waals surface area (Å²) in [6, 6.07) is 4.54. The van der Waals surface area contributed by atoms with Crippen LogP contribution in [0.2, 0.25) is 0 Å². The van der Waals surface area contributed by atoms with Crippen molar-refractivity contribution in [3.8, 4) is 0 Å². The van der Waals surface area contributed by atoms with Crippen molar-refractivity contribution in [2.24, 2.45) is 5.92 Å². The minimum Gasteiger partial charge on any atom is -0.342 e. The number of thioether (sulfide) groups is 1. The second kappa shape index (κ2) is 9.08. The van der Waals surface area contributed by atoms with Crippen molar-refractivity contribution in [3.05, 3.63) is 22.4 Å². The Balaban J connectivity index is 1.54. The number of likely N-dealkylation sites (tertiary alicyclic amines) is 2. The molecule has 0 N–H and O–H groups in total. The highest BCUT2D eigenvalue weighted by Gasteiger charge is 2.39. The van der Waals surface area contributed by atoms with Gasteiger partial charge in [-0.05, 0) is 48.8 Å². The first-order chi connectivity index (χ1) is 12.2. The third-order valence-corrected chi connectivity index (χ3v) is 7.33. The first-order valence-electron chi connectivity index (χ1n) is 9.36.